The van der Waals surface area contributed by atoms with Gasteiger partial charge in [-0.3, -0.25) is 4.79 Å². The standard InChI is InChI=1S/C7H11Cl3O2/c1-3-4-6(7(8,9)10)12-5(2)11/h6H,3-4H2,1-2H3. The van der Waals surface area contributed by atoms with E-state index in [1.807, 2.05) is 6.92 Å². The Labute approximate surface area is 87.1 Å². The van der Waals surface area contributed by atoms with Gasteiger partial charge in [0.05, 0.1) is 0 Å². The summed E-state index contributed by atoms with van der Waals surface area (Å²) >= 11 is 16.7. The van der Waals surface area contributed by atoms with Gasteiger partial charge in [0.25, 0.3) is 0 Å². The van der Waals surface area contributed by atoms with Gasteiger partial charge in [0.2, 0.25) is 3.79 Å². The molecule has 5 heteroatoms. The minimum absolute atomic E-state index is 0.431. The Morgan fingerprint density at radius 2 is 2.00 bits per heavy atom. The normalized spacial score (nSPS) is 14.1. The molecule has 0 saturated carbocycles. The molecule has 0 radical (unpaired) electrons. The summed E-state index contributed by atoms with van der Waals surface area (Å²) < 4.78 is 3.29. The lowest BCUT2D eigenvalue weighted by molar-refractivity contribution is -0.146. The average molecular weight is 234 g/mol. The fraction of sp³-hybridized carbons (Fsp3) is 0.857. The van der Waals surface area contributed by atoms with Crippen LogP contribution in [0.2, 0.25) is 0 Å². The molecule has 0 aromatic carbocycles. The molecule has 0 spiro atoms. The second-order valence-electron chi connectivity index (χ2n) is 2.43. The quantitative estimate of drug-likeness (QED) is 0.553. The first-order chi connectivity index (χ1) is 5.38. The highest BCUT2D eigenvalue weighted by atomic mass is 35.6. The first-order valence-corrected chi connectivity index (χ1v) is 4.75. The molecule has 12 heavy (non-hydrogen) atoms. The van der Waals surface area contributed by atoms with Gasteiger partial charge < -0.3 is 4.74 Å². The highest BCUT2D eigenvalue weighted by molar-refractivity contribution is 6.68. The van der Waals surface area contributed by atoms with Gasteiger partial charge in [0.1, 0.15) is 6.10 Å². The zero-order valence-corrected chi connectivity index (χ0v) is 9.21. The van der Waals surface area contributed by atoms with Crippen LogP contribution in [0.1, 0.15) is 26.7 Å². The number of esters is 1. The Kier molecular flexibility index (Phi) is 5.30. The second-order valence-corrected chi connectivity index (χ2v) is 4.80. The molecular formula is C7H11Cl3O2. The fourth-order valence-electron chi connectivity index (χ4n) is 0.752. The minimum Gasteiger partial charge on any atom is -0.458 e. The third-order valence-corrected chi connectivity index (χ3v) is 1.95. The number of ether oxygens (including phenoxy) is 1. The topological polar surface area (TPSA) is 26.3 Å². The van der Waals surface area contributed by atoms with Crippen molar-refractivity contribution in [3.63, 3.8) is 0 Å². The molecule has 0 aromatic heterocycles. The van der Waals surface area contributed by atoms with Crippen LogP contribution in [-0.2, 0) is 9.53 Å². The molecule has 0 N–H and O–H groups in total. The van der Waals surface area contributed by atoms with Crippen molar-refractivity contribution < 1.29 is 9.53 Å². The summed E-state index contributed by atoms with van der Waals surface area (Å²) in [4.78, 5) is 10.6. The first-order valence-electron chi connectivity index (χ1n) is 3.61. The lowest BCUT2D eigenvalue weighted by atomic mass is 10.2. The Balaban J connectivity index is 4.13. The predicted octanol–water partition coefficient (Wildman–Crippen LogP) is 3.09. The molecule has 0 aliphatic carbocycles. The Morgan fingerprint density at radius 1 is 1.50 bits per heavy atom. The predicted molar refractivity (Wildman–Crippen MR) is 50.8 cm³/mol. The van der Waals surface area contributed by atoms with E-state index < -0.39 is 15.9 Å². The van der Waals surface area contributed by atoms with Gasteiger partial charge in [-0.1, -0.05) is 48.1 Å². The lowest BCUT2D eigenvalue weighted by Crippen LogP contribution is -2.30. The molecule has 0 rings (SSSR count). The van der Waals surface area contributed by atoms with Crippen molar-refractivity contribution in [3.05, 3.63) is 0 Å². The van der Waals surface area contributed by atoms with Gasteiger partial charge in [-0.25, -0.2) is 0 Å². The van der Waals surface area contributed by atoms with Crippen LogP contribution in [0.25, 0.3) is 0 Å². The van der Waals surface area contributed by atoms with E-state index in [0.717, 1.165) is 6.42 Å². The van der Waals surface area contributed by atoms with E-state index in [9.17, 15) is 4.79 Å². The maximum Gasteiger partial charge on any atom is 0.303 e. The number of carbonyl (C=O) groups excluding carboxylic acids is 1. The Morgan fingerprint density at radius 3 is 2.25 bits per heavy atom. The zero-order chi connectivity index (χ0) is 9.78. The van der Waals surface area contributed by atoms with Crippen LogP contribution in [0.4, 0.5) is 0 Å². The minimum atomic E-state index is -1.53. The van der Waals surface area contributed by atoms with Crippen LogP contribution in [-0.4, -0.2) is 15.9 Å². The van der Waals surface area contributed by atoms with Gasteiger partial charge in [-0.15, -0.1) is 0 Å². The molecule has 0 aromatic rings. The Bertz CT molecular complexity index is 153. The highest BCUT2D eigenvalue weighted by Gasteiger charge is 2.34. The molecule has 0 amide bonds. The van der Waals surface area contributed by atoms with Crippen LogP contribution < -0.4 is 0 Å². The summed E-state index contributed by atoms with van der Waals surface area (Å²) in [6, 6.07) is 0. The highest BCUT2D eigenvalue weighted by Crippen LogP contribution is 2.34. The molecule has 2 nitrogen and oxygen atoms in total. The number of hydrogen-bond donors (Lipinski definition) is 0. The van der Waals surface area contributed by atoms with Gasteiger partial charge >= 0.3 is 5.97 Å². The summed E-state index contributed by atoms with van der Waals surface area (Å²) in [5.74, 6) is -0.431. The van der Waals surface area contributed by atoms with E-state index in [1.165, 1.54) is 6.92 Å². The van der Waals surface area contributed by atoms with Crippen molar-refractivity contribution in [2.24, 2.45) is 0 Å². The van der Waals surface area contributed by atoms with Crippen LogP contribution in [0, 0.1) is 0 Å². The third kappa shape index (κ3) is 5.07. The molecule has 0 saturated heterocycles. The molecule has 0 aliphatic heterocycles. The van der Waals surface area contributed by atoms with E-state index >= 15 is 0 Å². The van der Waals surface area contributed by atoms with Crippen LogP contribution in [0.15, 0.2) is 0 Å². The fourth-order valence-corrected chi connectivity index (χ4v) is 1.21. The summed E-state index contributed by atoms with van der Waals surface area (Å²) in [5.41, 5.74) is 0. The van der Waals surface area contributed by atoms with E-state index in [2.05, 4.69) is 0 Å². The Hall–Kier alpha value is 0.340. The molecule has 72 valence electrons. The van der Waals surface area contributed by atoms with Gasteiger partial charge in [0.15, 0.2) is 0 Å². The molecular weight excluding hydrogens is 222 g/mol. The van der Waals surface area contributed by atoms with E-state index in [-0.39, 0.29) is 0 Å². The van der Waals surface area contributed by atoms with Crippen molar-refractivity contribution in [1.82, 2.24) is 0 Å². The smallest absolute Gasteiger partial charge is 0.303 e. The number of carbonyl (C=O) groups is 1. The molecule has 0 heterocycles. The average Bonchev–Trinajstić information content (AvgIpc) is 1.83. The number of rotatable bonds is 3. The maximum absolute atomic E-state index is 10.6. The lowest BCUT2D eigenvalue weighted by Gasteiger charge is -2.23. The van der Waals surface area contributed by atoms with Crippen molar-refractivity contribution in [1.29, 1.82) is 0 Å². The van der Waals surface area contributed by atoms with Crippen LogP contribution in [0.3, 0.4) is 0 Å². The van der Waals surface area contributed by atoms with Crippen molar-refractivity contribution in [2.45, 2.75) is 36.6 Å². The summed E-state index contributed by atoms with van der Waals surface area (Å²) in [7, 11) is 0. The molecule has 0 fully saturated rings. The molecule has 1 atom stereocenters. The van der Waals surface area contributed by atoms with Gasteiger partial charge in [-0.05, 0) is 6.42 Å². The van der Waals surface area contributed by atoms with Crippen molar-refractivity contribution >= 4 is 40.8 Å². The second kappa shape index (κ2) is 5.15. The van der Waals surface area contributed by atoms with Crippen LogP contribution in [0.5, 0.6) is 0 Å². The SMILES string of the molecule is CCCC(OC(C)=O)C(Cl)(Cl)Cl. The van der Waals surface area contributed by atoms with E-state index in [4.69, 9.17) is 39.5 Å². The summed E-state index contributed by atoms with van der Waals surface area (Å²) in [6.45, 7) is 3.21. The van der Waals surface area contributed by atoms with Crippen molar-refractivity contribution in [2.75, 3.05) is 0 Å². The monoisotopic (exact) mass is 232 g/mol. The van der Waals surface area contributed by atoms with E-state index in [0.29, 0.717) is 6.42 Å². The number of hydrogen-bond acceptors (Lipinski definition) is 2. The first kappa shape index (κ1) is 12.3. The number of alkyl halides is 3. The van der Waals surface area contributed by atoms with Crippen molar-refractivity contribution in [3.8, 4) is 0 Å². The zero-order valence-electron chi connectivity index (χ0n) is 6.94. The van der Waals surface area contributed by atoms with Crippen LogP contribution >= 0.6 is 34.8 Å². The van der Waals surface area contributed by atoms with Gasteiger partial charge in [-0.2, -0.15) is 0 Å². The summed E-state index contributed by atoms with van der Waals surface area (Å²) in [5, 5.41) is 0. The largest absolute Gasteiger partial charge is 0.458 e. The molecule has 0 bridgehead atoms. The third-order valence-electron chi connectivity index (χ3n) is 1.22. The van der Waals surface area contributed by atoms with Gasteiger partial charge in [0, 0.05) is 6.92 Å². The molecule has 1 unspecified atom stereocenters. The maximum atomic E-state index is 10.6. The summed E-state index contributed by atoms with van der Waals surface area (Å²) in [6.07, 6.45) is 0.701. The number of halogens is 3. The van der Waals surface area contributed by atoms with E-state index in [1.54, 1.807) is 0 Å². The molecule has 0 aliphatic rings.